The average molecular weight is 387 g/mol. The molecule has 29 heavy (non-hydrogen) atoms. The van der Waals surface area contributed by atoms with Crippen LogP contribution in [0.15, 0.2) is 66.7 Å². The highest BCUT2D eigenvalue weighted by molar-refractivity contribution is 6.52. The summed E-state index contributed by atoms with van der Waals surface area (Å²) in [4.78, 5) is 26.4. The Hall–Kier alpha value is -3.60. The van der Waals surface area contributed by atoms with Crippen LogP contribution in [0.25, 0.3) is 0 Å². The molecule has 3 aromatic carbocycles. The van der Waals surface area contributed by atoms with Crippen LogP contribution in [0.4, 0.5) is 5.69 Å². The minimum atomic E-state index is -0.502. The summed E-state index contributed by atoms with van der Waals surface area (Å²) in [6, 6.07) is 20.8. The topological polar surface area (TPSA) is 55.8 Å². The molecule has 0 spiro atoms. The summed E-state index contributed by atoms with van der Waals surface area (Å²) in [5.74, 6) is 0.248. The second kappa shape index (κ2) is 7.80. The molecule has 1 amide bonds. The smallest absolute Gasteiger partial charge is 0.299 e. The fourth-order valence-corrected chi connectivity index (χ4v) is 3.54. The molecule has 0 aromatic heterocycles. The molecule has 0 saturated carbocycles. The van der Waals surface area contributed by atoms with Crippen molar-refractivity contribution in [2.24, 2.45) is 0 Å². The number of ether oxygens (including phenoxy) is 2. The van der Waals surface area contributed by atoms with Gasteiger partial charge in [-0.3, -0.25) is 9.59 Å². The second-order valence-corrected chi connectivity index (χ2v) is 6.95. The number of fused-ring (bicyclic) bond motifs is 1. The van der Waals surface area contributed by atoms with Crippen molar-refractivity contribution >= 4 is 17.4 Å². The van der Waals surface area contributed by atoms with Gasteiger partial charge in [0.15, 0.2) is 11.5 Å². The van der Waals surface area contributed by atoms with E-state index in [0.29, 0.717) is 29.4 Å². The number of carbonyl (C=O) groups excluding carboxylic acids is 2. The molecule has 0 bridgehead atoms. The molecule has 0 fully saturated rings. The Morgan fingerprint density at radius 3 is 2.41 bits per heavy atom. The van der Waals surface area contributed by atoms with Gasteiger partial charge in [-0.15, -0.1) is 0 Å². The first-order valence-corrected chi connectivity index (χ1v) is 9.38. The van der Waals surface area contributed by atoms with Gasteiger partial charge in [0, 0.05) is 0 Å². The van der Waals surface area contributed by atoms with Crippen LogP contribution in [0.2, 0.25) is 0 Å². The van der Waals surface area contributed by atoms with E-state index in [1.807, 2.05) is 61.5 Å². The van der Waals surface area contributed by atoms with Crippen molar-refractivity contribution in [1.82, 2.24) is 0 Å². The fourth-order valence-electron chi connectivity index (χ4n) is 3.54. The number of methoxy groups -OCH3 is 1. The van der Waals surface area contributed by atoms with Crippen molar-refractivity contribution in [3.63, 3.8) is 0 Å². The third-order valence-corrected chi connectivity index (χ3v) is 5.00. The summed E-state index contributed by atoms with van der Waals surface area (Å²) < 4.78 is 11.4. The van der Waals surface area contributed by atoms with Crippen molar-refractivity contribution in [3.05, 3.63) is 89.0 Å². The molecule has 5 heteroatoms. The first-order valence-electron chi connectivity index (χ1n) is 9.38. The Morgan fingerprint density at radius 2 is 1.66 bits per heavy atom. The second-order valence-electron chi connectivity index (χ2n) is 6.95. The van der Waals surface area contributed by atoms with E-state index in [1.54, 1.807) is 19.2 Å². The van der Waals surface area contributed by atoms with Crippen LogP contribution in [0.5, 0.6) is 11.5 Å². The number of nitrogens with zero attached hydrogens (tertiary/aromatic N) is 1. The lowest BCUT2D eigenvalue weighted by molar-refractivity contribution is -0.114. The Morgan fingerprint density at radius 1 is 0.862 bits per heavy atom. The average Bonchev–Trinajstić information content (AvgIpc) is 2.99. The molecule has 3 aromatic rings. The lowest BCUT2D eigenvalue weighted by Crippen LogP contribution is -2.29. The standard InChI is InChI=1S/C24H21NO4/c1-16-7-6-10-19-22(16)25(24(27)23(19)26)14-18-11-12-20(21(13-18)28-2)29-15-17-8-4-3-5-9-17/h3-13H,14-15H2,1-2H3. The van der Waals surface area contributed by atoms with E-state index >= 15 is 0 Å². The van der Waals surface area contributed by atoms with Crippen molar-refractivity contribution in [1.29, 1.82) is 0 Å². The van der Waals surface area contributed by atoms with Crippen LogP contribution >= 0.6 is 0 Å². The van der Waals surface area contributed by atoms with Gasteiger partial charge in [-0.25, -0.2) is 0 Å². The molecule has 0 aliphatic carbocycles. The van der Waals surface area contributed by atoms with Crippen LogP contribution in [-0.2, 0) is 17.9 Å². The predicted octanol–water partition coefficient (Wildman–Crippen LogP) is 4.31. The lowest BCUT2D eigenvalue weighted by Gasteiger charge is -2.19. The Labute approximate surface area is 169 Å². The van der Waals surface area contributed by atoms with E-state index in [1.165, 1.54) is 4.90 Å². The third kappa shape index (κ3) is 3.59. The maximum atomic E-state index is 12.5. The van der Waals surface area contributed by atoms with Crippen LogP contribution in [0.1, 0.15) is 27.0 Å². The number of Topliss-reactive ketones (excluding diaryl/α,β-unsaturated/α-hetero) is 1. The zero-order chi connectivity index (χ0) is 20.4. The van der Waals surface area contributed by atoms with Gasteiger partial charge in [0.25, 0.3) is 11.7 Å². The zero-order valence-corrected chi connectivity index (χ0v) is 16.3. The fraction of sp³-hybridized carbons (Fsp3) is 0.167. The van der Waals surface area contributed by atoms with Crippen molar-refractivity contribution < 1.29 is 19.1 Å². The molecule has 4 rings (SSSR count). The van der Waals surface area contributed by atoms with E-state index in [9.17, 15) is 9.59 Å². The summed E-state index contributed by atoms with van der Waals surface area (Å²) >= 11 is 0. The molecule has 0 saturated heterocycles. The molecule has 1 aliphatic rings. The van der Waals surface area contributed by atoms with Gasteiger partial charge in [0.05, 0.1) is 24.9 Å². The summed E-state index contributed by atoms with van der Waals surface area (Å²) in [7, 11) is 1.58. The highest BCUT2D eigenvalue weighted by Gasteiger charge is 2.36. The van der Waals surface area contributed by atoms with Gasteiger partial charge in [-0.2, -0.15) is 0 Å². The lowest BCUT2D eigenvalue weighted by atomic mass is 10.1. The van der Waals surface area contributed by atoms with E-state index in [2.05, 4.69) is 0 Å². The largest absolute Gasteiger partial charge is 0.493 e. The number of para-hydroxylation sites is 1. The monoisotopic (exact) mass is 387 g/mol. The van der Waals surface area contributed by atoms with Crippen LogP contribution < -0.4 is 14.4 Å². The predicted molar refractivity (Wildman–Crippen MR) is 110 cm³/mol. The Balaban J connectivity index is 1.56. The SMILES string of the molecule is COc1cc(CN2C(=O)C(=O)c3cccc(C)c32)ccc1OCc1ccccc1. The maximum absolute atomic E-state index is 12.5. The van der Waals surface area contributed by atoms with Crippen molar-refractivity contribution in [2.45, 2.75) is 20.1 Å². The van der Waals surface area contributed by atoms with E-state index in [-0.39, 0.29) is 6.54 Å². The van der Waals surface area contributed by atoms with Crippen LogP contribution in [0.3, 0.4) is 0 Å². The number of amides is 1. The highest BCUT2D eigenvalue weighted by Crippen LogP contribution is 2.35. The number of carbonyl (C=O) groups is 2. The van der Waals surface area contributed by atoms with Gasteiger partial charge in [0.2, 0.25) is 0 Å². The number of anilines is 1. The molecular formula is C24H21NO4. The molecular weight excluding hydrogens is 366 g/mol. The molecule has 1 aliphatic heterocycles. The molecule has 5 nitrogen and oxygen atoms in total. The maximum Gasteiger partial charge on any atom is 0.299 e. The van der Waals surface area contributed by atoms with Crippen LogP contribution in [-0.4, -0.2) is 18.8 Å². The number of hydrogen-bond donors (Lipinski definition) is 0. The highest BCUT2D eigenvalue weighted by atomic mass is 16.5. The summed E-state index contributed by atoms with van der Waals surface area (Å²) in [5, 5.41) is 0. The number of ketones is 1. The van der Waals surface area contributed by atoms with E-state index in [0.717, 1.165) is 16.7 Å². The first-order chi connectivity index (χ1) is 14.1. The molecule has 146 valence electrons. The number of hydrogen-bond acceptors (Lipinski definition) is 4. The number of benzene rings is 3. The van der Waals surface area contributed by atoms with E-state index in [4.69, 9.17) is 9.47 Å². The van der Waals surface area contributed by atoms with Gasteiger partial charge in [0.1, 0.15) is 6.61 Å². The van der Waals surface area contributed by atoms with Crippen LogP contribution in [0, 0.1) is 6.92 Å². The molecule has 0 unspecified atom stereocenters. The summed E-state index contributed by atoms with van der Waals surface area (Å²) in [6.07, 6.45) is 0. The molecule has 0 N–H and O–H groups in total. The zero-order valence-electron chi connectivity index (χ0n) is 16.3. The van der Waals surface area contributed by atoms with Gasteiger partial charge >= 0.3 is 0 Å². The first kappa shape index (κ1) is 18.7. The molecule has 0 radical (unpaired) electrons. The Bertz CT molecular complexity index is 1080. The number of aryl methyl sites for hydroxylation is 1. The molecule has 1 heterocycles. The summed E-state index contributed by atoms with van der Waals surface area (Å²) in [5.41, 5.74) is 3.96. The minimum absolute atomic E-state index is 0.289. The van der Waals surface area contributed by atoms with Gasteiger partial charge in [-0.05, 0) is 41.8 Å². The van der Waals surface area contributed by atoms with Crippen molar-refractivity contribution in [2.75, 3.05) is 12.0 Å². The summed E-state index contributed by atoms with van der Waals surface area (Å²) in [6.45, 7) is 2.62. The number of rotatable bonds is 6. The normalized spacial score (nSPS) is 12.8. The third-order valence-electron chi connectivity index (χ3n) is 5.00. The van der Waals surface area contributed by atoms with Crippen molar-refractivity contribution in [3.8, 4) is 11.5 Å². The van der Waals surface area contributed by atoms with E-state index < -0.39 is 11.7 Å². The van der Waals surface area contributed by atoms with Gasteiger partial charge < -0.3 is 14.4 Å². The minimum Gasteiger partial charge on any atom is -0.493 e. The quantitative estimate of drug-likeness (QED) is 0.592. The van der Waals surface area contributed by atoms with Gasteiger partial charge in [-0.1, -0.05) is 48.5 Å². The molecule has 0 atom stereocenters. The Kier molecular flexibility index (Phi) is 5.04.